The Labute approximate surface area is 153 Å². The molecule has 26 heavy (non-hydrogen) atoms. The van der Waals surface area contributed by atoms with Crippen LogP contribution in [0, 0.1) is 23.2 Å². The number of rotatable bonds is 6. The van der Waals surface area contributed by atoms with Crippen LogP contribution in [0.5, 0.6) is 5.75 Å². The first-order valence-electron chi connectivity index (χ1n) is 9.49. The number of nitrogens with two attached hydrogens (primary N) is 1. The zero-order valence-electron chi connectivity index (χ0n) is 14.8. The van der Waals surface area contributed by atoms with Crippen molar-refractivity contribution < 1.29 is 19.4 Å². The van der Waals surface area contributed by atoms with E-state index in [1.807, 2.05) is 12.1 Å². The van der Waals surface area contributed by atoms with Crippen molar-refractivity contribution in [3.05, 3.63) is 29.8 Å². The molecule has 4 N–H and O–H groups in total. The summed E-state index contributed by atoms with van der Waals surface area (Å²) in [6.07, 6.45) is 4.57. The minimum Gasteiger partial charge on any atom is -0.490 e. The van der Waals surface area contributed by atoms with Crippen LogP contribution in [-0.2, 0) is 4.79 Å². The first kappa shape index (κ1) is 17.3. The van der Waals surface area contributed by atoms with Crippen molar-refractivity contribution in [3.63, 3.8) is 0 Å². The smallest absolute Gasteiger partial charge is 0.309 e. The molecule has 4 fully saturated rings. The Hall–Kier alpha value is -2.08. The normalized spacial score (nSPS) is 34.5. The zero-order chi connectivity index (χ0) is 18.3. The number of nitrogens with one attached hydrogen (secondary N) is 1. The van der Waals surface area contributed by atoms with E-state index in [4.69, 9.17) is 10.5 Å². The molecule has 4 aliphatic rings. The Balaban J connectivity index is 1.44. The molecule has 1 aromatic carbocycles. The highest BCUT2D eigenvalue weighted by atomic mass is 16.5. The number of benzene rings is 1. The second-order valence-corrected chi connectivity index (χ2v) is 8.21. The van der Waals surface area contributed by atoms with Crippen LogP contribution in [0.1, 0.15) is 42.5 Å². The standard InChI is InChI=1S/C20H26N2O4/c21-5-6-22-18(23)13-1-3-16(4-2-13)26-17-14-7-12-8-15(17)11-20(9-12,10-14)19(24)25/h1-4,12,14-15,17H,5-11,21H2,(H,22,23)(H,24,25). The van der Waals surface area contributed by atoms with Gasteiger partial charge in [0.05, 0.1) is 5.41 Å². The lowest BCUT2D eigenvalue weighted by atomic mass is 9.48. The van der Waals surface area contributed by atoms with Crippen LogP contribution in [0.2, 0.25) is 0 Å². The van der Waals surface area contributed by atoms with E-state index in [0.29, 0.717) is 36.4 Å². The third kappa shape index (κ3) is 2.96. The number of carbonyl (C=O) groups is 2. The molecule has 2 unspecified atom stereocenters. The predicted octanol–water partition coefficient (Wildman–Crippen LogP) is 2.03. The average Bonchev–Trinajstić information content (AvgIpc) is 2.62. The van der Waals surface area contributed by atoms with E-state index >= 15 is 0 Å². The van der Waals surface area contributed by atoms with E-state index in [9.17, 15) is 14.7 Å². The molecule has 1 amide bonds. The van der Waals surface area contributed by atoms with Gasteiger partial charge in [-0.2, -0.15) is 0 Å². The number of aliphatic carboxylic acids is 1. The number of amides is 1. The van der Waals surface area contributed by atoms with Gasteiger partial charge in [0, 0.05) is 18.7 Å². The van der Waals surface area contributed by atoms with Gasteiger partial charge in [0.1, 0.15) is 11.9 Å². The Kier molecular flexibility index (Phi) is 4.39. The maximum absolute atomic E-state index is 11.9. The summed E-state index contributed by atoms with van der Waals surface area (Å²) in [5.41, 5.74) is 5.47. The molecule has 0 aromatic heterocycles. The molecule has 2 atom stereocenters. The molecule has 140 valence electrons. The van der Waals surface area contributed by atoms with E-state index in [-0.39, 0.29) is 12.0 Å². The van der Waals surface area contributed by atoms with E-state index in [1.165, 1.54) is 0 Å². The number of carboxylic acid groups (broad SMARTS) is 1. The Morgan fingerprint density at radius 1 is 1.15 bits per heavy atom. The van der Waals surface area contributed by atoms with Gasteiger partial charge >= 0.3 is 5.97 Å². The number of hydrogen-bond donors (Lipinski definition) is 3. The van der Waals surface area contributed by atoms with Crippen molar-refractivity contribution in [2.45, 2.75) is 38.2 Å². The SMILES string of the molecule is NCCNC(=O)c1ccc(OC2C3CC4CC2CC(C(=O)O)(C4)C3)cc1. The highest BCUT2D eigenvalue weighted by Gasteiger charge is 2.59. The molecule has 0 radical (unpaired) electrons. The second-order valence-electron chi connectivity index (χ2n) is 8.21. The van der Waals surface area contributed by atoms with Gasteiger partial charge in [0.25, 0.3) is 5.91 Å². The maximum atomic E-state index is 11.9. The summed E-state index contributed by atoms with van der Waals surface area (Å²) in [5, 5.41) is 12.5. The first-order chi connectivity index (χ1) is 12.5. The van der Waals surface area contributed by atoms with Gasteiger partial charge in [-0.15, -0.1) is 0 Å². The Bertz CT molecular complexity index is 686. The van der Waals surface area contributed by atoms with Crippen LogP contribution in [0.25, 0.3) is 0 Å². The molecule has 4 saturated carbocycles. The molecule has 0 heterocycles. The zero-order valence-corrected chi connectivity index (χ0v) is 14.8. The maximum Gasteiger partial charge on any atom is 0.309 e. The summed E-state index contributed by atoms with van der Waals surface area (Å²) in [6, 6.07) is 7.18. The topological polar surface area (TPSA) is 102 Å². The molecule has 0 saturated heterocycles. The van der Waals surface area contributed by atoms with Gasteiger partial charge in [-0.05, 0) is 74.1 Å². The lowest BCUT2D eigenvalue weighted by molar-refractivity contribution is -0.175. The van der Waals surface area contributed by atoms with E-state index in [2.05, 4.69) is 5.32 Å². The third-order valence-electron chi connectivity index (χ3n) is 6.46. The van der Waals surface area contributed by atoms with Crippen LogP contribution in [0.3, 0.4) is 0 Å². The van der Waals surface area contributed by atoms with E-state index in [0.717, 1.165) is 37.9 Å². The minimum absolute atomic E-state index is 0.0935. The number of ether oxygens (including phenoxy) is 1. The quantitative estimate of drug-likeness (QED) is 0.722. The van der Waals surface area contributed by atoms with Crippen molar-refractivity contribution >= 4 is 11.9 Å². The van der Waals surface area contributed by atoms with Crippen molar-refractivity contribution in [1.29, 1.82) is 0 Å². The summed E-state index contributed by atoms with van der Waals surface area (Å²) in [7, 11) is 0. The fraction of sp³-hybridized carbons (Fsp3) is 0.600. The fourth-order valence-corrected chi connectivity index (χ4v) is 5.56. The summed E-state index contributed by atoms with van der Waals surface area (Å²) < 4.78 is 6.29. The van der Waals surface area contributed by atoms with Crippen LogP contribution in [0.4, 0.5) is 0 Å². The number of carbonyl (C=O) groups excluding carboxylic acids is 1. The third-order valence-corrected chi connectivity index (χ3v) is 6.46. The van der Waals surface area contributed by atoms with Crippen LogP contribution >= 0.6 is 0 Å². The van der Waals surface area contributed by atoms with Gasteiger partial charge in [0.2, 0.25) is 0 Å². The lowest BCUT2D eigenvalue weighted by Gasteiger charge is -2.57. The number of hydrogen-bond acceptors (Lipinski definition) is 4. The Morgan fingerprint density at radius 3 is 2.38 bits per heavy atom. The predicted molar refractivity (Wildman–Crippen MR) is 95.9 cm³/mol. The molecular formula is C20H26N2O4. The van der Waals surface area contributed by atoms with Crippen LogP contribution in [-0.4, -0.2) is 36.2 Å². The highest BCUT2D eigenvalue weighted by Crippen LogP contribution is 2.60. The first-order valence-corrected chi connectivity index (χ1v) is 9.49. The van der Waals surface area contributed by atoms with Gasteiger partial charge in [-0.25, -0.2) is 0 Å². The van der Waals surface area contributed by atoms with Crippen molar-refractivity contribution in [2.75, 3.05) is 13.1 Å². The molecule has 1 aromatic rings. The average molecular weight is 358 g/mol. The van der Waals surface area contributed by atoms with Gasteiger partial charge in [-0.3, -0.25) is 9.59 Å². The summed E-state index contributed by atoms with van der Waals surface area (Å²) >= 11 is 0. The van der Waals surface area contributed by atoms with Crippen LogP contribution < -0.4 is 15.8 Å². The van der Waals surface area contributed by atoms with Crippen molar-refractivity contribution in [3.8, 4) is 5.75 Å². The summed E-state index contributed by atoms with van der Waals surface area (Å²) in [6.45, 7) is 0.866. The highest BCUT2D eigenvalue weighted by molar-refractivity contribution is 5.94. The summed E-state index contributed by atoms with van der Waals surface area (Å²) in [4.78, 5) is 23.7. The molecule has 6 heteroatoms. The van der Waals surface area contributed by atoms with Crippen molar-refractivity contribution in [2.24, 2.45) is 28.9 Å². The molecule has 6 nitrogen and oxygen atoms in total. The van der Waals surface area contributed by atoms with E-state index in [1.54, 1.807) is 12.1 Å². The molecular weight excluding hydrogens is 332 g/mol. The monoisotopic (exact) mass is 358 g/mol. The Morgan fingerprint density at radius 2 is 1.81 bits per heavy atom. The largest absolute Gasteiger partial charge is 0.490 e. The van der Waals surface area contributed by atoms with Crippen molar-refractivity contribution in [1.82, 2.24) is 5.32 Å². The lowest BCUT2D eigenvalue weighted by Crippen LogP contribution is -2.57. The minimum atomic E-state index is -0.622. The number of carboxylic acids is 1. The molecule has 4 bridgehead atoms. The molecule has 0 aliphatic heterocycles. The fourth-order valence-electron chi connectivity index (χ4n) is 5.56. The second kappa shape index (κ2) is 6.58. The van der Waals surface area contributed by atoms with Gasteiger partial charge < -0.3 is 20.9 Å². The molecule has 5 rings (SSSR count). The van der Waals surface area contributed by atoms with Gasteiger partial charge in [-0.1, -0.05) is 0 Å². The molecule has 4 aliphatic carbocycles. The molecule has 0 spiro atoms. The van der Waals surface area contributed by atoms with Gasteiger partial charge in [0.15, 0.2) is 0 Å². The van der Waals surface area contributed by atoms with E-state index < -0.39 is 11.4 Å². The summed E-state index contributed by atoms with van der Waals surface area (Å²) in [5.74, 6) is 1.18. The van der Waals surface area contributed by atoms with Crippen LogP contribution in [0.15, 0.2) is 24.3 Å².